The first kappa shape index (κ1) is 11.2. The van der Waals surface area contributed by atoms with Crippen molar-refractivity contribution in [2.24, 2.45) is 0 Å². The van der Waals surface area contributed by atoms with Crippen LogP contribution in [0.25, 0.3) is 16.8 Å². The van der Waals surface area contributed by atoms with Gasteiger partial charge in [-0.2, -0.15) is 5.26 Å². The number of nitriles is 1. The quantitative estimate of drug-likeness (QED) is 0.716. The zero-order valence-electron chi connectivity index (χ0n) is 10.2. The summed E-state index contributed by atoms with van der Waals surface area (Å²) >= 11 is 0. The summed E-state index contributed by atoms with van der Waals surface area (Å²) in [7, 11) is 0. The van der Waals surface area contributed by atoms with Crippen LogP contribution in [0.5, 0.6) is 0 Å². The van der Waals surface area contributed by atoms with Crippen molar-refractivity contribution in [3.63, 3.8) is 0 Å². The van der Waals surface area contributed by atoms with Crippen molar-refractivity contribution >= 4 is 5.65 Å². The lowest BCUT2D eigenvalue weighted by Gasteiger charge is -2.08. The highest BCUT2D eigenvalue weighted by Crippen LogP contribution is 2.23. The van der Waals surface area contributed by atoms with E-state index in [0.717, 1.165) is 22.5 Å². The van der Waals surface area contributed by atoms with E-state index < -0.39 is 0 Å². The van der Waals surface area contributed by atoms with Crippen LogP contribution >= 0.6 is 0 Å². The second-order valence-electron chi connectivity index (χ2n) is 4.23. The molecule has 0 saturated carbocycles. The molecule has 3 rings (SSSR count). The number of imidazole rings is 1. The molecular formula is C14H10N4O. The highest BCUT2D eigenvalue weighted by molar-refractivity contribution is 5.68. The standard InChI is InChI=1S/C14H10N4O/c1-9-12(2-3-13-16-4-5-18(9)13)11-6-10(7-15)14(19)17-8-11/h2-6,8H,1H3,(H,17,19). The first-order valence-corrected chi connectivity index (χ1v) is 5.76. The molecule has 0 atom stereocenters. The average Bonchev–Trinajstić information content (AvgIpc) is 2.89. The van der Waals surface area contributed by atoms with Crippen molar-refractivity contribution in [1.29, 1.82) is 5.26 Å². The molecule has 0 aromatic carbocycles. The number of nitrogens with one attached hydrogen (secondary N) is 1. The maximum absolute atomic E-state index is 11.4. The lowest BCUT2D eigenvalue weighted by atomic mass is 10.0. The molecule has 0 fully saturated rings. The fraction of sp³-hybridized carbons (Fsp3) is 0.0714. The second-order valence-corrected chi connectivity index (χ2v) is 4.23. The van der Waals surface area contributed by atoms with Crippen LogP contribution in [-0.4, -0.2) is 14.4 Å². The topological polar surface area (TPSA) is 73.9 Å². The lowest BCUT2D eigenvalue weighted by molar-refractivity contribution is 1.09. The third kappa shape index (κ3) is 1.70. The molecule has 0 amide bonds. The van der Waals surface area contributed by atoms with Gasteiger partial charge in [-0.25, -0.2) is 4.98 Å². The van der Waals surface area contributed by atoms with Crippen LogP contribution in [0.15, 0.2) is 41.6 Å². The fourth-order valence-electron chi connectivity index (χ4n) is 2.16. The molecule has 0 unspecified atom stereocenters. The predicted molar refractivity (Wildman–Crippen MR) is 70.7 cm³/mol. The van der Waals surface area contributed by atoms with Crippen molar-refractivity contribution in [2.45, 2.75) is 6.92 Å². The molecule has 5 nitrogen and oxygen atoms in total. The highest BCUT2D eigenvalue weighted by atomic mass is 16.1. The zero-order chi connectivity index (χ0) is 13.4. The van der Waals surface area contributed by atoms with Crippen LogP contribution in [0.4, 0.5) is 0 Å². The van der Waals surface area contributed by atoms with Crippen LogP contribution in [0, 0.1) is 18.3 Å². The van der Waals surface area contributed by atoms with E-state index in [1.54, 1.807) is 18.5 Å². The van der Waals surface area contributed by atoms with Gasteiger partial charge in [0.15, 0.2) is 0 Å². The maximum Gasteiger partial charge on any atom is 0.265 e. The minimum Gasteiger partial charge on any atom is -0.327 e. The summed E-state index contributed by atoms with van der Waals surface area (Å²) in [6.45, 7) is 1.97. The Bertz CT molecular complexity index is 867. The number of aryl methyl sites for hydroxylation is 1. The van der Waals surface area contributed by atoms with E-state index in [9.17, 15) is 4.79 Å². The van der Waals surface area contributed by atoms with Gasteiger partial charge in [-0.15, -0.1) is 0 Å². The first-order chi connectivity index (χ1) is 9.20. The summed E-state index contributed by atoms with van der Waals surface area (Å²) in [4.78, 5) is 18.2. The van der Waals surface area contributed by atoms with Crippen LogP contribution in [0.2, 0.25) is 0 Å². The van der Waals surface area contributed by atoms with Gasteiger partial charge in [0.05, 0.1) is 0 Å². The van der Waals surface area contributed by atoms with Crippen molar-refractivity contribution in [2.75, 3.05) is 0 Å². The number of hydrogen-bond acceptors (Lipinski definition) is 3. The number of hydrogen-bond donors (Lipinski definition) is 1. The Morgan fingerprint density at radius 1 is 1.42 bits per heavy atom. The summed E-state index contributed by atoms with van der Waals surface area (Å²) in [5.74, 6) is 0. The van der Waals surface area contributed by atoms with Gasteiger partial charge >= 0.3 is 0 Å². The second kappa shape index (κ2) is 4.10. The molecule has 0 radical (unpaired) electrons. The molecule has 19 heavy (non-hydrogen) atoms. The summed E-state index contributed by atoms with van der Waals surface area (Å²) < 4.78 is 1.96. The van der Waals surface area contributed by atoms with Crippen LogP contribution in [0.3, 0.4) is 0 Å². The van der Waals surface area contributed by atoms with Gasteiger partial charge in [0, 0.05) is 35.4 Å². The van der Waals surface area contributed by atoms with Crippen molar-refractivity contribution < 1.29 is 0 Å². The van der Waals surface area contributed by atoms with Crippen LogP contribution in [-0.2, 0) is 0 Å². The molecule has 0 spiro atoms. The van der Waals surface area contributed by atoms with E-state index >= 15 is 0 Å². The predicted octanol–water partition coefficient (Wildman–Crippen LogP) is 1.87. The van der Waals surface area contributed by atoms with Gasteiger partial charge in [-0.3, -0.25) is 4.79 Å². The monoisotopic (exact) mass is 250 g/mol. The Hall–Kier alpha value is -2.87. The minimum absolute atomic E-state index is 0.114. The average molecular weight is 250 g/mol. The van der Waals surface area contributed by atoms with Gasteiger partial charge < -0.3 is 9.38 Å². The van der Waals surface area contributed by atoms with Gasteiger partial charge in [0.2, 0.25) is 0 Å². The van der Waals surface area contributed by atoms with E-state index in [1.165, 1.54) is 0 Å². The lowest BCUT2D eigenvalue weighted by Crippen LogP contribution is -2.09. The summed E-state index contributed by atoms with van der Waals surface area (Å²) in [5.41, 5.74) is 3.38. The molecule has 92 valence electrons. The molecule has 0 bridgehead atoms. The number of aromatic nitrogens is 3. The Labute approximate surface area is 108 Å². The molecule has 1 N–H and O–H groups in total. The van der Waals surface area contributed by atoms with E-state index in [2.05, 4.69) is 9.97 Å². The largest absolute Gasteiger partial charge is 0.327 e. The Kier molecular flexibility index (Phi) is 2.43. The van der Waals surface area contributed by atoms with Gasteiger partial charge in [0.25, 0.3) is 5.56 Å². The molecule has 3 aromatic rings. The smallest absolute Gasteiger partial charge is 0.265 e. The molecule has 0 aliphatic heterocycles. The summed E-state index contributed by atoms with van der Waals surface area (Å²) in [5, 5.41) is 8.91. The fourth-order valence-corrected chi connectivity index (χ4v) is 2.16. The third-order valence-electron chi connectivity index (χ3n) is 3.15. The number of aromatic amines is 1. The summed E-state index contributed by atoms with van der Waals surface area (Å²) in [6.07, 6.45) is 5.24. The highest BCUT2D eigenvalue weighted by Gasteiger charge is 2.08. The van der Waals surface area contributed by atoms with Crippen molar-refractivity contribution in [1.82, 2.24) is 14.4 Å². The van der Waals surface area contributed by atoms with Gasteiger partial charge in [-0.05, 0) is 25.1 Å². The van der Waals surface area contributed by atoms with E-state index in [1.807, 2.05) is 35.7 Å². The Balaban J connectivity index is 2.27. The molecule has 0 saturated heterocycles. The number of rotatable bonds is 1. The van der Waals surface area contributed by atoms with Crippen LogP contribution in [0.1, 0.15) is 11.3 Å². The minimum atomic E-state index is -0.368. The van der Waals surface area contributed by atoms with E-state index in [0.29, 0.717) is 0 Å². The Morgan fingerprint density at radius 3 is 3.05 bits per heavy atom. The zero-order valence-corrected chi connectivity index (χ0v) is 10.2. The van der Waals surface area contributed by atoms with E-state index in [-0.39, 0.29) is 11.1 Å². The number of nitrogens with zero attached hydrogens (tertiary/aromatic N) is 3. The molecule has 3 heterocycles. The van der Waals surface area contributed by atoms with Crippen molar-refractivity contribution in [3.05, 3.63) is 58.4 Å². The molecule has 0 aliphatic carbocycles. The first-order valence-electron chi connectivity index (χ1n) is 5.76. The number of pyridine rings is 2. The van der Waals surface area contributed by atoms with E-state index in [4.69, 9.17) is 5.26 Å². The molecular weight excluding hydrogens is 240 g/mol. The third-order valence-corrected chi connectivity index (χ3v) is 3.15. The SMILES string of the molecule is Cc1c(-c2c[nH]c(=O)c(C#N)c2)ccc2nccn12. The molecule has 3 aromatic heterocycles. The number of H-pyrrole nitrogens is 1. The molecule has 5 heteroatoms. The Morgan fingerprint density at radius 2 is 2.26 bits per heavy atom. The normalized spacial score (nSPS) is 10.5. The molecule has 0 aliphatic rings. The van der Waals surface area contributed by atoms with Crippen LogP contribution < -0.4 is 5.56 Å². The maximum atomic E-state index is 11.4. The number of fused-ring (bicyclic) bond motifs is 1. The van der Waals surface area contributed by atoms with Crippen molar-refractivity contribution in [3.8, 4) is 17.2 Å². The van der Waals surface area contributed by atoms with Gasteiger partial charge in [0.1, 0.15) is 17.3 Å². The van der Waals surface area contributed by atoms with Gasteiger partial charge in [-0.1, -0.05) is 0 Å². The summed E-state index contributed by atoms with van der Waals surface area (Å²) in [6, 6.07) is 7.33.